The van der Waals surface area contributed by atoms with Gasteiger partial charge in [-0.3, -0.25) is 4.79 Å². The van der Waals surface area contributed by atoms with E-state index in [0.29, 0.717) is 6.42 Å². The van der Waals surface area contributed by atoms with E-state index in [-0.39, 0.29) is 18.1 Å². The monoisotopic (exact) mass is 214 g/mol. The van der Waals surface area contributed by atoms with Gasteiger partial charge in [0.05, 0.1) is 11.6 Å². The molecule has 1 rings (SSSR count). The minimum atomic E-state index is -0.748. The summed E-state index contributed by atoms with van der Waals surface area (Å²) in [4.78, 5) is 11.8. The van der Waals surface area contributed by atoms with Gasteiger partial charge in [0.1, 0.15) is 0 Å². The first-order valence-corrected chi connectivity index (χ1v) is 5.67. The first kappa shape index (κ1) is 12.5. The van der Waals surface area contributed by atoms with E-state index in [1.165, 1.54) is 0 Å². The van der Waals surface area contributed by atoms with E-state index in [0.717, 1.165) is 19.4 Å². The molecule has 1 aliphatic heterocycles. The van der Waals surface area contributed by atoms with Crippen LogP contribution in [-0.2, 0) is 9.53 Å². The van der Waals surface area contributed by atoms with Crippen molar-refractivity contribution in [3.8, 4) is 0 Å². The quantitative estimate of drug-likeness (QED) is 0.730. The Balaban J connectivity index is 2.44. The van der Waals surface area contributed by atoms with E-state index >= 15 is 0 Å². The van der Waals surface area contributed by atoms with Gasteiger partial charge in [-0.25, -0.2) is 0 Å². The summed E-state index contributed by atoms with van der Waals surface area (Å²) < 4.78 is 5.42. The molecule has 0 bridgehead atoms. The van der Waals surface area contributed by atoms with Crippen LogP contribution in [0.15, 0.2) is 0 Å². The second kappa shape index (κ2) is 4.94. The van der Waals surface area contributed by atoms with Crippen LogP contribution in [-0.4, -0.2) is 30.2 Å². The lowest BCUT2D eigenvalue weighted by atomic mass is 9.97. The molecule has 3 N–H and O–H groups in total. The van der Waals surface area contributed by atoms with Gasteiger partial charge in [0, 0.05) is 12.6 Å². The highest BCUT2D eigenvalue weighted by molar-refractivity contribution is 5.85. The van der Waals surface area contributed by atoms with Crippen molar-refractivity contribution in [1.82, 2.24) is 5.32 Å². The molecule has 1 fully saturated rings. The zero-order chi connectivity index (χ0) is 11.5. The fourth-order valence-corrected chi connectivity index (χ4v) is 1.64. The minimum absolute atomic E-state index is 0.0518. The second-order valence-electron chi connectivity index (χ2n) is 4.65. The molecule has 0 aromatic rings. The molecule has 4 nitrogen and oxygen atoms in total. The Labute approximate surface area is 91.5 Å². The Hall–Kier alpha value is -0.610. The van der Waals surface area contributed by atoms with Crippen molar-refractivity contribution < 1.29 is 9.53 Å². The summed E-state index contributed by atoms with van der Waals surface area (Å²) in [5.41, 5.74) is 5.12. The van der Waals surface area contributed by atoms with Crippen LogP contribution in [0.1, 0.15) is 40.0 Å². The van der Waals surface area contributed by atoms with Crippen LogP contribution < -0.4 is 11.1 Å². The molecule has 0 aromatic heterocycles. The maximum atomic E-state index is 11.8. The summed E-state index contributed by atoms with van der Waals surface area (Å²) in [6, 6.07) is 0.218. The van der Waals surface area contributed by atoms with Crippen molar-refractivity contribution in [3.63, 3.8) is 0 Å². The highest BCUT2D eigenvalue weighted by Crippen LogP contribution is 2.14. The Bertz CT molecular complexity index is 229. The molecular weight excluding hydrogens is 192 g/mol. The average Bonchev–Trinajstić information content (AvgIpc) is 2.17. The molecule has 3 atom stereocenters. The van der Waals surface area contributed by atoms with Crippen LogP contribution in [0.2, 0.25) is 0 Å². The molecule has 4 heteroatoms. The molecule has 0 saturated carbocycles. The Morgan fingerprint density at radius 2 is 2.33 bits per heavy atom. The van der Waals surface area contributed by atoms with Crippen LogP contribution in [0, 0.1) is 0 Å². The molecule has 0 radical (unpaired) electrons. The van der Waals surface area contributed by atoms with E-state index < -0.39 is 5.54 Å². The fourth-order valence-electron chi connectivity index (χ4n) is 1.64. The molecule has 0 spiro atoms. The zero-order valence-electron chi connectivity index (χ0n) is 9.88. The number of rotatable bonds is 3. The zero-order valence-corrected chi connectivity index (χ0v) is 9.88. The lowest BCUT2D eigenvalue weighted by Crippen LogP contribution is -2.55. The van der Waals surface area contributed by atoms with Crippen LogP contribution in [0.5, 0.6) is 0 Å². The number of carbonyl (C=O) groups is 1. The summed E-state index contributed by atoms with van der Waals surface area (Å²) >= 11 is 0. The number of amides is 1. The highest BCUT2D eigenvalue weighted by atomic mass is 16.5. The number of carbonyl (C=O) groups excluding carboxylic acids is 1. The van der Waals surface area contributed by atoms with Crippen molar-refractivity contribution in [2.75, 3.05) is 6.61 Å². The molecule has 15 heavy (non-hydrogen) atoms. The van der Waals surface area contributed by atoms with Gasteiger partial charge >= 0.3 is 0 Å². The predicted octanol–water partition coefficient (Wildman–Crippen LogP) is 0.797. The van der Waals surface area contributed by atoms with Crippen LogP contribution in [0.25, 0.3) is 0 Å². The van der Waals surface area contributed by atoms with Crippen molar-refractivity contribution >= 4 is 5.91 Å². The van der Waals surface area contributed by atoms with Crippen molar-refractivity contribution in [1.29, 1.82) is 0 Å². The first-order valence-electron chi connectivity index (χ1n) is 5.67. The molecule has 0 aliphatic carbocycles. The van der Waals surface area contributed by atoms with Gasteiger partial charge in [-0.2, -0.15) is 0 Å². The van der Waals surface area contributed by atoms with Gasteiger partial charge in [-0.15, -0.1) is 0 Å². The summed E-state index contributed by atoms with van der Waals surface area (Å²) in [5.74, 6) is -0.0518. The van der Waals surface area contributed by atoms with Crippen LogP contribution in [0.3, 0.4) is 0 Å². The van der Waals surface area contributed by atoms with Gasteiger partial charge in [0.15, 0.2) is 0 Å². The second-order valence-corrected chi connectivity index (χ2v) is 4.65. The molecule has 3 unspecified atom stereocenters. The third-order valence-corrected chi connectivity index (χ3v) is 3.07. The lowest BCUT2D eigenvalue weighted by molar-refractivity contribution is -0.127. The molecule has 1 aliphatic rings. The van der Waals surface area contributed by atoms with Gasteiger partial charge < -0.3 is 15.8 Å². The SMILES string of the molecule is CCC(C)(N)C(=O)NC1CCOC(C)C1. The van der Waals surface area contributed by atoms with Gasteiger partial charge in [0.2, 0.25) is 5.91 Å². The number of hydrogen-bond acceptors (Lipinski definition) is 3. The lowest BCUT2D eigenvalue weighted by Gasteiger charge is -2.31. The summed E-state index contributed by atoms with van der Waals surface area (Å²) in [6.07, 6.45) is 2.65. The largest absolute Gasteiger partial charge is 0.378 e. The Kier molecular flexibility index (Phi) is 4.11. The highest BCUT2D eigenvalue weighted by Gasteiger charge is 2.29. The first-order chi connectivity index (χ1) is 6.95. The molecule has 1 heterocycles. The third-order valence-electron chi connectivity index (χ3n) is 3.07. The standard InChI is InChI=1S/C11H22N2O2/c1-4-11(3,12)10(14)13-9-5-6-15-8(2)7-9/h8-9H,4-7,12H2,1-3H3,(H,13,14). The van der Waals surface area contributed by atoms with E-state index in [2.05, 4.69) is 5.32 Å². The molecule has 88 valence electrons. The molecule has 1 amide bonds. The van der Waals surface area contributed by atoms with E-state index in [4.69, 9.17) is 10.5 Å². The van der Waals surface area contributed by atoms with Crippen LogP contribution in [0.4, 0.5) is 0 Å². The number of nitrogens with two attached hydrogens (primary N) is 1. The number of hydrogen-bond donors (Lipinski definition) is 2. The summed E-state index contributed by atoms with van der Waals surface area (Å²) in [6.45, 7) is 6.44. The van der Waals surface area contributed by atoms with E-state index in [1.54, 1.807) is 6.92 Å². The van der Waals surface area contributed by atoms with Gasteiger partial charge in [0.25, 0.3) is 0 Å². The molecule has 1 saturated heterocycles. The summed E-state index contributed by atoms with van der Waals surface area (Å²) in [7, 11) is 0. The summed E-state index contributed by atoms with van der Waals surface area (Å²) in [5, 5.41) is 3.00. The molecular formula is C11H22N2O2. The number of nitrogens with one attached hydrogen (secondary N) is 1. The fraction of sp³-hybridized carbons (Fsp3) is 0.909. The minimum Gasteiger partial charge on any atom is -0.378 e. The number of ether oxygens (including phenoxy) is 1. The topological polar surface area (TPSA) is 64.4 Å². The average molecular weight is 214 g/mol. The van der Waals surface area contributed by atoms with E-state index in [1.807, 2.05) is 13.8 Å². The van der Waals surface area contributed by atoms with Gasteiger partial charge in [-0.1, -0.05) is 6.92 Å². The van der Waals surface area contributed by atoms with Crippen LogP contribution >= 0.6 is 0 Å². The normalized spacial score (nSPS) is 30.7. The predicted molar refractivity (Wildman–Crippen MR) is 59.5 cm³/mol. The maximum Gasteiger partial charge on any atom is 0.240 e. The Morgan fingerprint density at radius 3 is 2.87 bits per heavy atom. The van der Waals surface area contributed by atoms with E-state index in [9.17, 15) is 4.79 Å². The van der Waals surface area contributed by atoms with Gasteiger partial charge in [-0.05, 0) is 33.1 Å². The third kappa shape index (κ3) is 3.47. The van der Waals surface area contributed by atoms with Crippen molar-refractivity contribution in [2.45, 2.75) is 57.7 Å². The van der Waals surface area contributed by atoms with Crippen molar-refractivity contribution in [3.05, 3.63) is 0 Å². The maximum absolute atomic E-state index is 11.8. The Morgan fingerprint density at radius 1 is 1.67 bits per heavy atom. The smallest absolute Gasteiger partial charge is 0.240 e. The molecule has 0 aromatic carbocycles. The van der Waals surface area contributed by atoms with Crippen molar-refractivity contribution in [2.24, 2.45) is 5.73 Å².